The Balaban J connectivity index is 1.43. The number of rotatable bonds is 5. The van der Waals surface area contributed by atoms with Gasteiger partial charge in [-0.2, -0.15) is 5.10 Å². The Bertz CT molecular complexity index is 1460. The summed E-state index contributed by atoms with van der Waals surface area (Å²) < 4.78 is 0. The first-order valence-electron chi connectivity index (χ1n) is 10.2. The first-order valence-corrected chi connectivity index (χ1v) is 10.2. The van der Waals surface area contributed by atoms with E-state index in [0.717, 1.165) is 21.9 Å². The van der Waals surface area contributed by atoms with Gasteiger partial charge in [-0.05, 0) is 28.5 Å². The number of carbonyl (C=O) groups excluding carboxylic acids is 2. The number of aromatic nitrogens is 1. The predicted molar refractivity (Wildman–Crippen MR) is 125 cm³/mol. The molecule has 0 saturated carbocycles. The zero-order valence-electron chi connectivity index (χ0n) is 17.3. The summed E-state index contributed by atoms with van der Waals surface area (Å²) in [5, 5.41) is 20.9. The van der Waals surface area contributed by atoms with Crippen molar-refractivity contribution in [3.8, 4) is 0 Å². The van der Waals surface area contributed by atoms with E-state index in [1.54, 1.807) is 24.5 Å². The first-order chi connectivity index (χ1) is 16.0. The number of nitrogens with one attached hydrogen (secondary N) is 4. The second-order valence-corrected chi connectivity index (χ2v) is 7.77. The van der Waals surface area contributed by atoms with E-state index in [1.807, 2.05) is 42.5 Å². The molecule has 1 atom stereocenters. The highest BCUT2D eigenvalue weighted by Gasteiger charge is 2.23. The molecule has 5 N–H and O–H groups in total. The number of amides is 3. The molecule has 0 unspecified atom stereocenters. The molecule has 9 heteroatoms. The van der Waals surface area contributed by atoms with E-state index in [0.29, 0.717) is 22.2 Å². The lowest BCUT2D eigenvalue weighted by Crippen LogP contribution is -2.44. The van der Waals surface area contributed by atoms with Crippen molar-refractivity contribution < 1.29 is 19.5 Å². The van der Waals surface area contributed by atoms with E-state index in [-0.39, 0.29) is 6.42 Å². The average Bonchev–Trinajstić information content (AvgIpc) is 3.12. The van der Waals surface area contributed by atoms with Crippen LogP contribution in [0.25, 0.3) is 21.7 Å². The van der Waals surface area contributed by atoms with E-state index in [2.05, 4.69) is 26.1 Å². The lowest BCUT2D eigenvalue weighted by Gasteiger charge is -2.18. The Morgan fingerprint density at radius 2 is 1.88 bits per heavy atom. The van der Waals surface area contributed by atoms with Crippen molar-refractivity contribution in [2.75, 3.05) is 5.32 Å². The van der Waals surface area contributed by atoms with Crippen molar-refractivity contribution in [3.05, 3.63) is 77.5 Å². The second-order valence-electron chi connectivity index (χ2n) is 7.77. The predicted octanol–water partition coefficient (Wildman–Crippen LogP) is 3.22. The number of carbonyl (C=O) groups is 3. The fourth-order valence-electron chi connectivity index (χ4n) is 4.06. The van der Waals surface area contributed by atoms with E-state index in [1.165, 1.54) is 0 Å². The lowest BCUT2D eigenvalue weighted by molar-refractivity contribution is -0.118. The number of anilines is 1. The number of aromatic amines is 1. The Labute approximate surface area is 187 Å². The molecule has 0 saturated heterocycles. The van der Waals surface area contributed by atoms with Crippen LogP contribution < -0.4 is 16.1 Å². The molecule has 1 aliphatic heterocycles. The van der Waals surface area contributed by atoms with Gasteiger partial charge in [0.2, 0.25) is 5.91 Å². The number of hydrazone groups is 1. The van der Waals surface area contributed by atoms with Gasteiger partial charge in [0.1, 0.15) is 6.04 Å². The summed E-state index contributed by atoms with van der Waals surface area (Å²) in [5.41, 5.74) is 5.36. The highest BCUT2D eigenvalue weighted by Crippen LogP contribution is 2.27. The van der Waals surface area contributed by atoms with Gasteiger partial charge >= 0.3 is 6.09 Å². The quantitative estimate of drug-likeness (QED) is 0.325. The number of H-pyrrole nitrogens is 1. The van der Waals surface area contributed by atoms with Crippen molar-refractivity contribution >= 4 is 51.5 Å². The summed E-state index contributed by atoms with van der Waals surface area (Å²) in [6, 6.07) is 15.8. The molecular weight excluding hydrogens is 422 g/mol. The van der Waals surface area contributed by atoms with E-state index >= 15 is 0 Å². The topological polar surface area (TPSA) is 136 Å². The van der Waals surface area contributed by atoms with Gasteiger partial charge in [0.05, 0.1) is 11.8 Å². The van der Waals surface area contributed by atoms with E-state index in [9.17, 15) is 19.5 Å². The SMILES string of the molecule is O=C(O)N[C@H](Cc1ccc2ccccc2c1)C(=O)Nc1cc2c3c(c[nH]c3c1)C=NNC2=O. The Hall–Kier alpha value is -4.66. The molecular formula is C24H19N5O4. The van der Waals surface area contributed by atoms with E-state index < -0.39 is 23.9 Å². The van der Waals surface area contributed by atoms with Crippen molar-refractivity contribution in [1.29, 1.82) is 0 Å². The molecule has 1 aromatic heterocycles. The maximum Gasteiger partial charge on any atom is 0.405 e. The number of hydrogen-bond donors (Lipinski definition) is 5. The summed E-state index contributed by atoms with van der Waals surface area (Å²) in [4.78, 5) is 39.9. The fourth-order valence-corrected chi connectivity index (χ4v) is 4.06. The van der Waals surface area contributed by atoms with Crippen molar-refractivity contribution in [1.82, 2.24) is 15.7 Å². The molecule has 164 valence electrons. The van der Waals surface area contributed by atoms with Gasteiger partial charge in [0, 0.05) is 34.8 Å². The molecule has 4 aromatic rings. The zero-order chi connectivity index (χ0) is 22.9. The third-order valence-electron chi connectivity index (χ3n) is 5.56. The average molecular weight is 441 g/mol. The van der Waals surface area contributed by atoms with Crippen LogP contribution in [0.15, 0.2) is 65.9 Å². The first kappa shape index (κ1) is 20.3. The smallest absolute Gasteiger partial charge is 0.405 e. The molecule has 0 fully saturated rings. The van der Waals surface area contributed by atoms with Gasteiger partial charge in [-0.15, -0.1) is 0 Å². The van der Waals surface area contributed by atoms with Gasteiger partial charge in [0.15, 0.2) is 0 Å². The Morgan fingerprint density at radius 1 is 1.06 bits per heavy atom. The van der Waals surface area contributed by atoms with Crippen LogP contribution in [-0.2, 0) is 11.2 Å². The number of benzene rings is 3. The summed E-state index contributed by atoms with van der Waals surface area (Å²) >= 11 is 0. The van der Waals surface area contributed by atoms with Gasteiger partial charge in [-0.25, -0.2) is 10.2 Å². The number of carboxylic acid groups (broad SMARTS) is 1. The minimum Gasteiger partial charge on any atom is -0.465 e. The number of nitrogens with zero attached hydrogens (tertiary/aromatic N) is 1. The molecule has 1 aliphatic rings. The molecule has 9 nitrogen and oxygen atoms in total. The number of fused-ring (bicyclic) bond motifs is 1. The minimum absolute atomic E-state index is 0.166. The minimum atomic E-state index is -1.30. The van der Waals surface area contributed by atoms with Crippen LogP contribution in [0.2, 0.25) is 0 Å². The molecule has 2 heterocycles. The van der Waals surface area contributed by atoms with Crippen molar-refractivity contribution in [2.45, 2.75) is 12.5 Å². The van der Waals surface area contributed by atoms with Gasteiger partial charge in [-0.3, -0.25) is 9.59 Å². The van der Waals surface area contributed by atoms with Gasteiger partial charge < -0.3 is 20.7 Å². The zero-order valence-corrected chi connectivity index (χ0v) is 17.3. The summed E-state index contributed by atoms with van der Waals surface area (Å²) in [7, 11) is 0. The summed E-state index contributed by atoms with van der Waals surface area (Å²) in [5.74, 6) is -0.934. The van der Waals surface area contributed by atoms with Crippen molar-refractivity contribution in [2.24, 2.45) is 5.10 Å². The third kappa shape index (κ3) is 3.99. The van der Waals surface area contributed by atoms with Crippen LogP contribution in [-0.4, -0.2) is 40.3 Å². The maximum atomic E-state index is 13.0. The molecule has 33 heavy (non-hydrogen) atoms. The molecule has 0 radical (unpaired) electrons. The molecule has 0 spiro atoms. The monoisotopic (exact) mass is 441 g/mol. The Morgan fingerprint density at radius 3 is 2.70 bits per heavy atom. The largest absolute Gasteiger partial charge is 0.465 e. The third-order valence-corrected chi connectivity index (χ3v) is 5.56. The highest BCUT2D eigenvalue weighted by molar-refractivity contribution is 6.15. The fraction of sp³-hybridized carbons (Fsp3) is 0.0833. The van der Waals surface area contributed by atoms with Crippen LogP contribution in [0.5, 0.6) is 0 Å². The highest BCUT2D eigenvalue weighted by atomic mass is 16.4. The molecule has 0 bridgehead atoms. The van der Waals surface area contributed by atoms with Crippen LogP contribution in [0.1, 0.15) is 21.5 Å². The maximum absolute atomic E-state index is 13.0. The molecule has 3 aromatic carbocycles. The summed E-state index contributed by atoms with van der Waals surface area (Å²) in [6.45, 7) is 0. The van der Waals surface area contributed by atoms with Gasteiger partial charge in [-0.1, -0.05) is 42.5 Å². The normalized spacial score (nSPS) is 13.4. The van der Waals surface area contributed by atoms with Crippen LogP contribution in [0.3, 0.4) is 0 Å². The lowest BCUT2D eigenvalue weighted by atomic mass is 10.0. The van der Waals surface area contributed by atoms with E-state index in [4.69, 9.17) is 0 Å². The van der Waals surface area contributed by atoms with Crippen LogP contribution >= 0.6 is 0 Å². The molecule has 3 amide bonds. The van der Waals surface area contributed by atoms with Crippen LogP contribution in [0, 0.1) is 0 Å². The van der Waals surface area contributed by atoms with Crippen molar-refractivity contribution in [3.63, 3.8) is 0 Å². The van der Waals surface area contributed by atoms with Gasteiger partial charge in [0.25, 0.3) is 5.91 Å². The standard InChI is InChI=1S/C24H19N5O4/c30-22-18-9-17(10-19-21(18)16(11-25-19)12-26-29-22)27-23(31)20(28-24(32)33)8-13-5-6-14-3-1-2-4-15(14)7-13/h1-7,9-12,20,25,28H,8H2,(H,27,31)(H,29,30)(H,32,33)/t20-/m1/s1. The Kier molecular flexibility index (Phi) is 4.98. The van der Waals surface area contributed by atoms with Crippen LogP contribution in [0.4, 0.5) is 10.5 Å². The number of hydrogen-bond acceptors (Lipinski definition) is 4. The summed E-state index contributed by atoms with van der Waals surface area (Å²) in [6.07, 6.45) is 2.13. The molecule has 5 rings (SSSR count). The second kappa shape index (κ2) is 8.12. The molecule has 0 aliphatic carbocycles.